The van der Waals surface area contributed by atoms with E-state index in [0.717, 1.165) is 0 Å². The van der Waals surface area contributed by atoms with Gasteiger partial charge in [-0.15, -0.1) is 0 Å². The fourth-order valence-electron chi connectivity index (χ4n) is 2.69. The number of alkyl halides is 3. The molecule has 2 nitrogen and oxygen atoms in total. The van der Waals surface area contributed by atoms with Crippen LogP contribution in [0.5, 0.6) is 11.5 Å². The summed E-state index contributed by atoms with van der Waals surface area (Å²) in [7, 11) is -1.38. The molecule has 0 N–H and O–H groups in total. The van der Waals surface area contributed by atoms with Crippen LogP contribution in [0.4, 0.5) is 13.2 Å². The molecule has 3 aromatic carbocycles. The van der Waals surface area contributed by atoms with Crippen LogP contribution in [0.25, 0.3) is 0 Å². The molecule has 28 heavy (non-hydrogen) atoms. The number of carbonyl (C=O) groups excluding carboxylic acids is 1. The molecule has 7 heteroatoms. The van der Waals surface area contributed by atoms with E-state index in [1.54, 1.807) is 54.6 Å². The average molecular weight is 396 g/mol. The summed E-state index contributed by atoms with van der Waals surface area (Å²) < 4.78 is 44.6. The number of carbonyl (C=O) groups is 1. The third-order valence-electron chi connectivity index (χ3n) is 3.94. The van der Waals surface area contributed by atoms with E-state index in [2.05, 4.69) is 0 Å². The molecule has 0 spiro atoms. The van der Waals surface area contributed by atoms with Gasteiger partial charge >= 0.3 is 24.8 Å². The van der Waals surface area contributed by atoms with E-state index in [1.165, 1.54) is 19.1 Å². The fourth-order valence-corrected chi connectivity index (χ4v) is 3.48. The zero-order valence-corrected chi connectivity index (χ0v) is 15.4. The molecule has 3 aromatic rings. The second-order valence-corrected chi connectivity index (χ2v) is 7.20. The maximum atomic E-state index is 13.0. The molecular formula is C21H17F3LiO2P. The second-order valence-electron chi connectivity index (χ2n) is 5.84. The molecule has 0 radical (unpaired) electrons. The van der Waals surface area contributed by atoms with E-state index in [9.17, 15) is 18.0 Å². The van der Waals surface area contributed by atoms with Gasteiger partial charge in [0, 0.05) is 14.1 Å². The molecule has 0 aliphatic carbocycles. The van der Waals surface area contributed by atoms with Gasteiger partial charge in [0.15, 0.2) is 5.78 Å². The molecule has 1 unspecified atom stereocenters. The third kappa shape index (κ3) is 5.49. The summed E-state index contributed by atoms with van der Waals surface area (Å²) in [4.78, 5) is 13.0. The standard InChI is InChI=1S/C21H16F3O2P.Li.H/c1-14-18(27-21(22,23)24)13-12-17(26-16-10-6-3-7-11-16)19(14)20(25)15-8-4-2-5-9-15;;/h2-13,27H,1H3;;. The topological polar surface area (TPSA) is 26.3 Å². The first-order valence-corrected chi connectivity index (χ1v) is 9.16. The predicted molar refractivity (Wildman–Crippen MR) is 109 cm³/mol. The van der Waals surface area contributed by atoms with Gasteiger partial charge in [-0.2, -0.15) is 13.2 Å². The zero-order valence-electron chi connectivity index (χ0n) is 14.4. The molecule has 1 atom stereocenters. The van der Waals surface area contributed by atoms with Gasteiger partial charge in [-0.05, 0) is 36.0 Å². The molecule has 0 aliphatic rings. The van der Waals surface area contributed by atoms with Crippen LogP contribution in [0.2, 0.25) is 0 Å². The van der Waals surface area contributed by atoms with Crippen molar-refractivity contribution < 1.29 is 22.7 Å². The van der Waals surface area contributed by atoms with Gasteiger partial charge in [-0.1, -0.05) is 54.6 Å². The first kappa shape index (κ1) is 22.2. The summed E-state index contributed by atoms with van der Waals surface area (Å²) in [6, 6.07) is 20.1. The summed E-state index contributed by atoms with van der Waals surface area (Å²) >= 11 is 0. The van der Waals surface area contributed by atoms with E-state index in [0.29, 0.717) is 11.3 Å². The van der Waals surface area contributed by atoms with Crippen LogP contribution in [-0.4, -0.2) is 30.6 Å². The number of ether oxygens (including phenoxy) is 1. The summed E-state index contributed by atoms with van der Waals surface area (Å²) in [5.74, 6) is -3.96. The van der Waals surface area contributed by atoms with E-state index in [1.807, 2.05) is 6.07 Å². The number of para-hydroxylation sites is 1. The molecule has 140 valence electrons. The van der Waals surface area contributed by atoms with Crippen LogP contribution < -0.4 is 10.0 Å². The fraction of sp³-hybridized carbons (Fsp3) is 0.0952. The average Bonchev–Trinajstić information content (AvgIpc) is 2.64. The van der Waals surface area contributed by atoms with Gasteiger partial charge < -0.3 is 4.74 Å². The van der Waals surface area contributed by atoms with Crippen molar-refractivity contribution in [2.24, 2.45) is 0 Å². The summed E-state index contributed by atoms with van der Waals surface area (Å²) in [5.41, 5.74) is 0.832. The van der Waals surface area contributed by atoms with Crippen molar-refractivity contribution in [3.63, 3.8) is 0 Å². The van der Waals surface area contributed by atoms with Crippen LogP contribution >= 0.6 is 8.58 Å². The second kappa shape index (κ2) is 9.43. The Bertz CT molecular complexity index is 945. The van der Waals surface area contributed by atoms with Crippen molar-refractivity contribution in [2.75, 3.05) is 0 Å². The van der Waals surface area contributed by atoms with Gasteiger partial charge in [-0.3, -0.25) is 4.79 Å². The van der Waals surface area contributed by atoms with Gasteiger partial charge in [0.05, 0.1) is 5.56 Å². The molecular weight excluding hydrogens is 379 g/mol. The maximum absolute atomic E-state index is 13.0. The monoisotopic (exact) mass is 396 g/mol. The van der Waals surface area contributed by atoms with Crippen molar-refractivity contribution in [1.29, 1.82) is 0 Å². The molecule has 0 aliphatic heterocycles. The van der Waals surface area contributed by atoms with Gasteiger partial charge in [-0.25, -0.2) is 0 Å². The predicted octanol–water partition coefficient (Wildman–Crippen LogP) is 5.19. The molecule has 0 heterocycles. The van der Waals surface area contributed by atoms with Crippen molar-refractivity contribution in [1.82, 2.24) is 0 Å². The Morgan fingerprint density at radius 2 is 1.46 bits per heavy atom. The summed E-state index contributed by atoms with van der Waals surface area (Å²) in [6.45, 7) is 1.53. The van der Waals surface area contributed by atoms with Crippen LogP contribution in [0.3, 0.4) is 0 Å². The first-order chi connectivity index (χ1) is 12.8. The van der Waals surface area contributed by atoms with Gasteiger partial charge in [0.1, 0.15) is 11.5 Å². The molecule has 0 fully saturated rings. The Hall–Kier alpha value is -2.05. The van der Waals surface area contributed by atoms with Crippen LogP contribution in [-0.2, 0) is 0 Å². The molecule has 0 saturated heterocycles. The van der Waals surface area contributed by atoms with Crippen LogP contribution in [0, 0.1) is 6.92 Å². The van der Waals surface area contributed by atoms with E-state index >= 15 is 0 Å². The van der Waals surface area contributed by atoms with E-state index < -0.39 is 14.5 Å². The van der Waals surface area contributed by atoms with E-state index in [-0.39, 0.29) is 46.8 Å². The Kier molecular flexibility index (Phi) is 7.49. The molecule has 0 amide bonds. The van der Waals surface area contributed by atoms with Gasteiger partial charge in [0.25, 0.3) is 0 Å². The minimum atomic E-state index is -4.33. The SMILES string of the molecule is Cc1c(PC(F)(F)F)ccc(Oc2ccccc2)c1C(=O)c1ccccc1.[LiH]. The summed E-state index contributed by atoms with van der Waals surface area (Å²) in [6.07, 6.45) is 0. The van der Waals surface area contributed by atoms with Crippen molar-refractivity contribution in [3.8, 4) is 11.5 Å². The van der Waals surface area contributed by atoms with Gasteiger partial charge in [0.2, 0.25) is 0 Å². The number of hydrogen-bond donors (Lipinski definition) is 0. The number of rotatable bonds is 5. The Morgan fingerprint density at radius 3 is 2.04 bits per heavy atom. The Morgan fingerprint density at radius 1 is 0.893 bits per heavy atom. The molecule has 0 aromatic heterocycles. The molecule has 0 bridgehead atoms. The summed E-state index contributed by atoms with van der Waals surface area (Å²) in [5, 5.41) is 0.0854. The van der Waals surface area contributed by atoms with Crippen molar-refractivity contribution in [3.05, 3.63) is 89.5 Å². The quantitative estimate of drug-likeness (QED) is 0.337. The van der Waals surface area contributed by atoms with Crippen LogP contribution in [0.1, 0.15) is 21.5 Å². The van der Waals surface area contributed by atoms with Crippen LogP contribution in [0.15, 0.2) is 72.8 Å². The number of hydrogen-bond acceptors (Lipinski definition) is 2. The minimum absolute atomic E-state index is 0. The Labute approximate surface area is 175 Å². The zero-order chi connectivity index (χ0) is 19.4. The number of benzene rings is 3. The molecule has 0 saturated carbocycles. The number of ketones is 1. The normalized spacial score (nSPS) is 11.3. The first-order valence-electron chi connectivity index (χ1n) is 8.16. The molecule has 3 rings (SSSR count). The number of halogens is 3. The van der Waals surface area contributed by atoms with Crippen molar-refractivity contribution in [2.45, 2.75) is 12.8 Å². The Balaban J connectivity index is 0.00000280. The van der Waals surface area contributed by atoms with E-state index in [4.69, 9.17) is 4.74 Å². The third-order valence-corrected chi connectivity index (χ3v) is 5.03. The van der Waals surface area contributed by atoms with Crippen molar-refractivity contribution >= 4 is 38.5 Å².